The second-order valence-corrected chi connectivity index (χ2v) is 6.01. The van der Waals surface area contributed by atoms with Gasteiger partial charge in [-0.15, -0.1) is 0 Å². The zero-order chi connectivity index (χ0) is 16.8. The molecule has 1 heterocycles. The fraction of sp³-hybridized carbons (Fsp3) is 0.100. The van der Waals surface area contributed by atoms with E-state index in [1.165, 1.54) is 0 Å². The molecule has 2 N–H and O–H groups in total. The number of carbonyl (C=O) groups is 1. The number of H-pyrrole nitrogens is 1. The van der Waals surface area contributed by atoms with Gasteiger partial charge in [0, 0.05) is 18.5 Å². The molecule has 0 atom stereocenters. The molecule has 0 spiro atoms. The van der Waals surface area contributed by atoms with Crippen molar-refractivity contribution < 1.29 is 4.79 Å². The lowest BCUT2D eigenvalue weighted by Crippen LogP contribution is -2.16. The zero-order valence-electron chi connectivity index (χ0n) is 13.1. The minimum atomic E-state index is -0.0294. The molecule has 2 aromatic carbocycles. The first kappa shape index (κ1) is 16.1. The Hall–Kier alpha value is -2.72. The van der Waals surface area contributed by atoms with E-state index in [1.807, 2.05) is 36.4 Å². The minimum Gasteiger partial charge on any atom is -0.351 e. The maximum Gasteiger partial charge on any atom is 0.225 e. The summed E-state index contributed by atoms with van der Waals surface area (Å²) >= 11 is 5.01. The number of hydrogen-bond donors (Lipinski definition) is 2. The van der Waals surface area contributed by atoms with Crippen molar-refractivity contribution >= 4 is 23.8 Å². The first-order valence-electron chi connectivity index (χ1n) is 7.81. The van der Waals surface area contributed by atoms with E-state index in [0.29, 0.717) is 16.7 Å². The maximum atomic E-state index is 12.5. The summed E-state index contributed by atoms with van der Waals surface area (Å²) in [5, 5.41) is 2.92. The molecule has 3 rings (SSSR count). The quantitative estimate of drug-likeness (QED) is 0.652. The van der Waals surface area contributed by atoms with E-state index < -0.39 is 0 Å². The van der Waals surface area contributed by atoms with Gasteiger partial charge in [0.05, 0.1) is 5.69 Å². The Morgan fingerprint density at radius 2 is 1.50 bits per heavy atom. The monoisotopic (exact) mass is 334 g/mol. The molecule has 1 aromatic heterocycles. The number of benzene rings is 2. The lowest BCUT2D eigenvalue weighted by Gasteiger charge is -2.18. The number of carbonyl (C=O) groups excluding carboxylic acids is 1. The SMILES string of the molecule is O=C(CC(c1ccccc1)c1ccccc1)Nc1ccc(=S)[nH]c1. The van der Waals surface area contributed by atoms with Crippen molar-refractivity contribution in [3.63, 3.8) is 0 Å². The van der Waals surface area contributed by atoms with Gasteiger partial charge in [-0.3, -0.25) is 4.79 Å². The number of pyridine rings is 1. The van der Waals surface area contributed by atoms with Crippen LogP contribution in [0.15, 0.2) is 79.0 Å². The molecule has 3 aromatic rings. The molecule has 0 fully saturated rings. The van der Waals surface area contributed by atoms with Crippen LogP contribution in [-0.4, -0.2) is 10.9 Å². The molecule has 0 saturated carbocycles. The summed E-state index contributed by atoms with van der Waals surface area (Å²) in [6, 6.07) is 23.8. The van der Waals surface area contributed by atoms with Crippen molar-refractivity contribution in [3.05, 3.63) is 94.8 Å². The summed E-state index contributed by atoms with van der Waals surface area (Å²) in [6.07, 6.45) is 2.09. The zero-order valence-corrected chi connectivity index (χ0v) is 13.9. The molecule has 0 bridgehead atoms. The number of hydrogen-bond acceptors (Lipinski definition) is 2. The van der Waals surface area contributed by atoms with Crippen LogP contribution in [0.25, 0.3) is 0 Å². The number of anilines is 1. The summed E-state index contributed by atoms with van der Waals surface area (Å²) in [5.74, 6) is -0.00664. The van der Waals surface area contributed by atoms with Crippen LogP contribution in [-0.2, 0) is 4.79 Å². The largest absolute Gasteiger partial charge is 0.351 e. The van der Waals surface area contributed by atoms with Crippen LogP contribution in [0.4, 0.5) is 5.69 Å². The number of aromatic amines is 1. The Bertz CT molecular complexity index is 800. The number of rotatable bonds is 5. The molecular weight excluding hydrogens is 316 g/mol. The second kappa shape index (κ2) is 7.70. The smallest absolute Gasteiger partial charge is 0.225 e. The Morgan fingerprint density at radius 3 is 2.00 bits per heavy atom. The third-order valence-corrected chi connectivity index (χ3v) is 4.12. The third-order valence-electron chi connectivity index (χ3n) is 3.86. The van der Waals surface area contributed by atoms with Crippen molar-refractivity contribution in [2.45, 2.75) is 12.3 Å². The van der Waals surface area contributed by atoms with Gasteiger partial charge in [0.1, 0.15) is 4.64 Å². The molecule has 4 heteroatoms. The van der Waals surface area contributed by atoms with Gasteiger partial charge >= 0.3 is 0 Å². The van der Waals surface area contributed by atoms with E-state index in [0.717, 1.165) is 11.1 Å². The summed E-state index contributed by atoms with van der Waals surface area (Å²) < 4.78 is 0.638. The minimum absolute atomic E-state index is 0.0228. The molecule has 0 aliphatic rings. The molecule has 3 nitrogen and oxygen atoms in total. The molecule has 0 aliphatic carbocycles. The normalized spacial score (nSPS) is 10.5. The van der Waals surface area contributed by atoms with Crippen molar-refractivity contribution in [3.8, 4) is 0 Å². The Balaban J connectivity index is 1.80. The van der Waals surface area contributed by atoms with Gasteiger partial charge in [0.2, 0.25) is 5.91 Å². The van der Waals surface area contributed by atoms with Crippen molar-refractivity contribution in [1.29, 1.82) is 0 Å². The van der Waals surface area contributed by atoms with Crippen molar-refractivity contribution in [1.82, 2.24) is 4.98 Å². The summed E-state index contributed by atoms with van der Waals surface area (Å²) in [4.78, 5) is 15.4. The van der Waals surface area contributed by atoms with E-state index in [1.54, 1.807) is 18.3 Å². The third kappa shape index (κ3) is 4.18. The standard InChI is InChI=1S/C20H18N2OS/c23-19(22-17-11-12-20(24)21-14-17)13-18(15-7-3-1-4-8-15)16-9-5-2-6-10-16/h1-12,14,18H,13H2,(H,21,24)(H,22,23). The van der Waals surface area contributed by atoms with Gasteiger partial charge in [-0.2, -0.15) is 0 Å². The highest BCUT2D eigenvalue weighted by atomic mass is 32.1. The summed E-state index contributed by atoms with van der Waals surface area (Å²) in [5.41, 5.74) is 2.98. The molecule has 0 unspecified atom stereocenters. The molecule has 1 amide bonds. The van der Waals surface area contributed by atoms with Crippen LogP contribution >= 0.6 is 12.2 Å². The lowest BCUT2D eigenvalue weighted by atomic mass is 9.88. The topological polar surface area (TPSA) is 44.9 Å². The van der Waals surface area contributed by atoms with Crippen LogP contribution in [0.3, 0.4) is 0 Å². The van der Waals surface area contributed by atoms with Gasteiger partial charge in [0.25, 0.3) is 0 Å². The average molecular weight is 334 g/mol. The average Bonchev–Trinajstić information content (AvgIpc) is 2.63. The van der Waals surface area contributed by atoms with Gasteiger partial charge in [-0.25, -0.2) is 0 Å². The van der Waals surface area contributed by atoms with E-state index in [2.05, 4.69) is 34.6 Å². The fourth-order valence-electron chi connectivity index (χ4n) is 2.68. The van der Waals surface area contributed by atoms with Gasteiger partial charge in [0.15, 0.2) is 0 Å². The predicted molar refractivity (Wildman–Crippen MR) is 99.6 cm³/mol. The van der Waals surface area contributed by atoms with Crippen LogP contribution < -0.4 is 5.32 Å². The highest BCUT2D eigenvalue weighted by Gasteiger charge is 2.18. The number of aromatic nitrogens is 1. The van der Waals surface area contributed by atoms with Gasteiger partial charge in [-0.1, -0.05) is 72.9 Å². The molecule has 24 heavy (non-hydrogen) atoms. The van der Waals surface area contributed by atoms with E-state index in [4.69, 9.17) is 12.2 Å². The van der Waals surface area contributed by atoms with E-state index in [-0.39, 0.29) is 11.8 Å². The van der Waals surface area contributed by atoms with Crippen LogP contribution in [0.5, 0.6) is 0 Å². The fourth-order valence-corrected chi connectivity index (χ4v) is 2.81. The number of amides is 1. The summed E-state index contributed by atoms with van der Waals surface area (Å²) in [6.45, 7) is 0. The van der Waals surface area contributed by atoms with Crippen molar-refractivity contribution in [2.75, 3.05) is 5.32 Å². The first-order valence-corrected chi connectivity index (χ1v) is 8.22. The second-order valence-electron chi connectivity index (χ2n) is 5.57. The van der Waals surface area contributed by atoms with E-state index >= 15 is 0 Å². The molecular formula is C20H18N2OS. The van der Waals surface area contributed by atoms with Gasteiger partial charge in [-0.05, 0) is 23.3 Å². The maximum absolute atomic E-state index is 12.5. The molecule has 0 aliphatic heterocycles. The van der Waals surface area contributed by atoms with E-state index in [9.17, 15) is 4.79 Å². The first-order chi connectivity index (χ1) is 11.7. The molecule has 120 valence electrons. The highest BCUT2D eigenvalue weighted by Crippen LogP contribution is 2.28. The van der Waals surface area contributed by atoms with Gasteiger partial charge < -0.3 is 10.3 Å². The predicted octanol–water partition coefficient (Wildman–Crippen LogP) is 4.90. The van der Waals surface area contributed by atoms with Crippen molar-refractivity contribution in [2.24, 2.45) is 0 Å². The Morgan fingerprint density at radius 1 is 0.917 bits per heavy atom. The summed E-state index contributed by atoms with van der Waals surface area (Å²) in [7, 11) is 0. The highest BCUT2D eigenvalue weighted by molar-refractivity contribution is 7.71. The Labute approximate surface area is 146 Å². The number of nitrogens with one attached hydrogen (secondary N) is 2. The molecule has 0 saturated heterocycles. The Kier molecular flexibility index (Phi) is 5.18. The molecule has 0 radical (unpaired) electrons. The van der Waals surface area contributed by atoms with Crippen LogP contribution in [0, 0.1) is 4.64 Å². The lowest BCUT2D eigenvalue weighted by molar-refractivity contribution is -0.116. The van der Waals surface area contributed by atoms with Crippen LogP contribution in [0.2, 0.25) is 0 Å². The van der Waals surface area contributed by atoms with Crippen LogP contribution in [0.1, 0.15) is 23.5 Å².